The van der Waals surface area contributed by atoms with Crippen LogP contribution in [0.2, 0.25) is 0 Å². The smallest absolute Gasteiger partial charge is 0.142 e. The second-order valence-corrected chi connectivity index (χ2v) is 6.20. The summed E-state index contributed by atoms with van der Waals surface area (Å²) in [6.45, 7) is 6.50. The van der Waals surface area contributed by atoms with Gasteiger partial charge in [0.1, 0.15) is 12.4 Å². The molecule has 1 aliphatic heterocycles. The van der Waals surface area contributed by atoms with Gasteiger partial charge < -0.3 is 10.5 Å². The molecule has 1 saturated heterocycles. The van der Waals surface area contributed by atoms with Gasteiger partial charge >= 0.3 is 0 Å². The monoisotopic (exact) mass is 289 g/mol. The van der Waals surface area contributed by atoms with Gasteiger partial charge in [0, 0.05) is 38.8 Å². The first-order valence-electron chi connectivity index (χ1n) is 8.26. The van der Waals surface area contributed by atoms with E-state index in [1.165, 1.54) is 51.9 Å². The number of nitrogen functional groups attached to an aromatic ring is 1. The van der Waals surface area contributed by atoms with E-state index in [0.29, 0.717) is 0 Å². The van der Waals surface area contributed by atoms with Crippen molar-refractivity contribution in [3.63, 3.8) is 0 Å². The fourth-order valence-corrected chi connectivity index (χ4v) is 3.52. The van der Waals surface area contributed by atoms with Gasteiger partial charge in [-0.1, -0.05) is 25.0 Å². The van der Waals surface area contributed by atoms with Gasteiger partial charge in [-0.25, -0.2) is 0 Å². The van der Waals surface area contributed by atoms with Gasteiger partial charge in [-0.05, 0) is 25.0 Å². The van der Waals surface area contributed by atoms with E-state index in [2.05, 4.69) is 9.80 Å². The van der Waals surface area contributed by atoms with E-state index in [1.807, 2.05) is 24.3 Å². The maximum absolute atomic E-state index is 5.88. The number of ether oxygens (including phenoxy) is 1. The lowest BCUT2D eigenvalue weighted by molar-refractivity contribution is 0.0882. The average molecular weight is 289 g/mol. The van der Waals surface area contributed by atoms with Crippen LogP contribution in [0.15, 0.2) is 24.3 Å². The topological polar surface area (TPSA) is 41.7 Å². The van der Waals surface area contributed by atoms with Crippen molar-refractivity contribution in [1.82, 2.24) is 9.80 Å². The Kier molecular flexibility index (Phi) is 4.99. The van der Waals surface area contributed by atoms with Crippen molar-refractivity contribution in [2.24, 2.45) is 0 Å². The summed E-state index contributed by atoms with van der Waals surface area (Å²) in [4.78, 5) is 5.20. The molecule has 2 fully saturated rings. The molecule has 0 bridgehead atoms. The molecule has 0 aromatic heterocycles. The van der Waals surface area contributed by atoms with Crippen molar-refractivity contribution in [3.05, 3.63) is 24.3 Å². The van der Waals surface area contributed by atoms with E-state index in [0.717, 1.165) is 30.6 Å². The lowest BCUT2D eigenvalue weighted by Crippen LogP contribution is -2.50. The summed E-state index contributed by atoms with van der Waals surface area (Å²) in [6.07, 6.45) is 5.68. The van der Waals surface area contributed by atoms with Crippen LogP contribution in [0.3, 0.4) is 0 Å². The summed E-state index contributed by atoms with van der Waals surface area (Å²) in [7, 11) is 0. The fraction of sp³-hybridized carbons (Fsp3) is 0.647. The molecule has 1 heterocycles. The Balaban J connectivity index is 1.37. The number of benzene rings is 1. The molecule has 1 aromatic carbocycles. The molecule has 116 valence electrons. The lowest BCUT2D eigenvalue weighted by atomic mass is 10.2. The normalized spacial score (nSPS) is 21.7. The summed E-state index contributed by atoms with van der Waals surface area (Å²) in [5, 5.41) is 0. The van der Waals surface area contributed by atoms with Gasteiger partial charge in [0.25, 0.3) is 0 Å². The summed E-state index contributed by atoms with van der Waals surface area (Å²) in [5.74, 6) is 0.807. The number of para-hydroxylation sites is 2. The zero-order valence-electron chi connectivity index (χ0n) is 12.8. The number of rotatable bonds is 5. The van der Waals surface area contributed by atoms with Crippen LogP contribution < -0.4 is 10.5 Å². The quantitative estimate of drug-likeness (QED) is 0.844. The predicted octanol–water partition coefficient (Wildman–Crippen LogP) is 2.21. The van der Waals surface area contributed by atoms with Crippen molar-refractivity contribution in [1.29, 1.82) is 0 Å². The molecule has 2 N–H and O–H groups in total. The van der Waals surface area contributed by atoms with Gasteiger partial charge in [-0.3, -0.25) is 9.80 Å². The number of anilines is 1. The van der Waals surface area contributed by atoms with Crippen molar-refractivity contribution in [2.45, 2.75) is 31.7 Å². The highest BCUT2D eigenvalue weighted by atomic mass is 16.5. The second kappa shape index (κ2) is 7.14. The van der Waals surface area contributed by atoms with Crippen molar-refractivity contribution >= 4 is 5.69 Å². The molecule has 0 spiro atoms. The van der Waals surface area contributed by atoms with E-state index >= 15 is 0 Å². The maximum Gasteiger partial charge on any atom is 0.142 e. The zero-order valence-corrected chi connectivity index (χ0v) is 12.8. The number of nitrogens with two attached hydrogens (primary N) is 1. The molecule has 4 heteroatoms. The minimum absolute atomic E-state index is 0.720. The van der Waals surface area contributed by atoms with E-state index in [1.54, 1.807) is 0 Å². The Morgan fingerprint density at radius 1 is 1.05 bits per heavy atom. The predicted molar refractivity (Wildman–Crippen MR) is 86.6 cm³/mol. The molecule has 0 radical (unpaired) electrons. The molecule has 0 unspecified atom stereocenters. The fourth-order valence-electron chi connectivity index (χ4n) is 3.52. The Labute approximate surface area is 127 Å². The first-order chi connectivity index (χ1) is 10.3. The van der Waals surface area contributed by atoms with Crippen LogP contribution in [0.25, 0.3) is 0 Å². The Bertz CT molecular complexity index is 437. The largest absolute Gasteiger partial charge is 0.490 e. The summed E-state index contributed by atoms with van der Waals surface area (Å²) < 4.78 is 5.79. The van der Waals surface area contributed by atoms with E-state index < -0.39 is 0 Å². The van der Waals surface area contributed by atoms with E-state index in [9.17, 15) is 0 Å². The first kappa shape index (κ1) is 14.7. The highest BCUT2D eigenvalue weighted by Gasteiger charge is 2.25. The third-order valence-electron chi connectivity index (χ3n) is 4.83. The van der Waals surface area contributed by atoms with Gasteiger partial charge in [-0.2, -0.15) is 0 Å². The van der Waals surface area contributed by atoms with E-state index in [-0.39, 0.29) is 0 Å². The highest BCUT2D eigenvalue weighted by Crippen LogP contribution is 2.24. The van der Waals surface area contributed by atoms with Crippen molar-refractivity contribution in [2.75, 3.05) is 45.1 Å². The Hall–Kier alpha value is -1.26. The number of hydrogen-bond acceptors (Lipinski definition) is 4. The third kappa shape index (κ3) is 3.89. The molecular formula is C17H27N3O. The maximum atomic E-state index is 5.88. The molecule has 0 atom stereocenters. The van der Waals surface area contributed by atoms with Crippen LogP contribution >= 0.6 is 0 Å². The molecule has 4 nitrogen and oxygen atoms in total. The number of nitrogens with zero attached hydrogens (tertiary/aromatic N) is 2. The third-order valence-corrected chi connectivity index (χ3v) is 4.83. The zero-order chi connectivity index (χ0) is 14.5. The highest BCUT2D eigenvalue weighted by molar-refractivity contribution is 5.51. The van der Waals surface area contributed by atoms with Gasteiger partial charge in [0.05, 0.1) is 5.69 Å². The molecule has 3 rings (SSSR count). The van der Waals surface area contributed by atoms with Gasteiger partial charge in [0.2, 0.25) is 0 Å². The summed E-state index contributed by atoms with van der Waals surface area (Å²) >= 11 is 0. The Morgan fingerprint density at radius 2 is 1.76 bits per heavy atom. The summed E-state index contributed by atoms with van der Waals surface area (Å²) in [5.41, 5.74) is 6.61. The summed E-state index contributed by atoms with van der Waals surface area (Å²) in [6, 6.07) is 8.59. The van der Waals surface area contributed by atoms with Crippen LogP contribution in [0, 0.1) is 0 Å². The van der Waals surface area contributed by atoms with Crippen molar-refractivity contribution in [3.8, 4) is 5.75 Å². The van der Waals surface area contributed by atoms with Crippen LogP contribution in [0.4, 0.5) is 5.69 Å². The molecule has 2 aliphatic rings. The van der Waals surface area contributed by atoms with Gasteiger partial charge in [-0.15, -0.1) is 0 Å². The van der Waals surface area contributed by atoms with Crippen LogP contribution in [-0.4, -0.2) is 55.2 Å². The minimum atomic E-state index is 0.720. The lowest BCUT2D eigenvalue weighted by Gasteiger charge is -2.38. The number of hydrogen-bond donors (Lipinski definition) is 1. The van der Waals surface area contributed by atoms with E-state index in [4.69, 9.17) is 10.5 Å². The molecule has 21 heavy (non-hydrogen) atoms. The van der Waals surface area contributed by atoms with Crippen LogP contribution in [-0.2, 0) is 0 Å². The molecule has 1 aliphatic carbocycles. The van der Waals surface area contributed by atoms with Crippen LogP contribution in [0.5, 0.6) is 5.75 Å². The first-order valence-corrected chi connectivity index (χ1v) is 8.26. The van der Waals surface area contributed by atoms with Crippen LogP contribution in [0.1, 0.15) is 25.7 Å². The Morgan fingerprint density at radius 3 is 2.48 bits per heavy atom. The average Bonchev–Trinajstić information content (AvgIpc) is 3.04. The molecular weight excluding hydrogens is 262 g/mol. The molecule has 1 saturated carbocycles. The molecule has 1 aromatic rings. The molecule has 0 amide bonds. The number of piperazine rings is 1. The SMILES string of the molecule is Nc1ccccc1OCCN1CCN(C2CCCC2)CC1. The minimum Gasteiger partial charge on any atom is -0.490 e. The van der Waals surface area contributed by atoms with Gasteiger partial charge in [0.15, 0.2) is 0 Å². The van der Waals surface area contributed by atoms with Crippen molar-refractivity contribution < 1.29 is 4.74 Å². The second-order valence-electron chi connectivity index (χ2n) is 6.20. The standard InChI is InChI=1S/C17H27N3O/c18-16-7-3-4-8-17(16)21-14-13-19-9-11-20(12-10-19)15-5-1-2-6-15/h3-4,7-8,15H,1-2,5-6,9-14,18H2.